The van der Waals surface area contributed by atoms with Crippen LogP contribution >= 0.6 is 15.9 Å². The standard InChI is InChI=1S/C9H12BrNO2/c1-6(2)8(10)5-9(7(3)4)11(12)13/h5H,1H2,2-4H3/b8-5+. The molecule has 0 rings (SSSR count). The highest BCUT2D eigenvalue weighted by molar-refractivity contribution is 9.12. The van der Waals surface area contributed by atoms with E-state index in [0.717, 1.165) is 5.57 Å². The number of allylic oxidation sites excluding steroid dienone is 4. The van der Waals surface area contributed by atoms with Gasteiger partial charge in [0.2, 0.25) is 0 Å². The van der Waals surface area contributed by atoms with E-state index in [0.29, 0.717) is 10.1 Å². The molecule has 4 heteroatoms. The van der Waals surface area contributed by atoms with Crippen molar-refractivity contribution in [3.8, 4) is 0 Å². The van der Waals surface area contributed by atoms with E-state index in [1.54, 1.807) is 20.8 Å². The summed E-state index contributed by atoms with van der Waals surface area (Å²) < 4.78 is 0.653. The summed E-state index contributed by atoms with van der Waals surface area (Å²) in [5, 5.41) is 10.6. The van der Waals surface area contributed by atoms with Crippen molar-refractivity contribution in [1.29, 1.82) is 0 Å². The van der Waals surface area contributed by atoms with Crippen LogP contribution in [0.1, 0.15) is 20.8 Å². The molecule has 0 aliphatic heterocycles. The van der Waals surface area contributed by atoms with Gasteiger partial charge < -0.3 is 0 Å². The van der Waals surface area contributed by atoms with Gasteiger partial charge in [0, 0.05) is 16.1 Å². The maximum absolute atomic E-state index is 10.6. The molecule has 0 spiro atoms. The van der Waals surface area contributed by atoms with Crippen molar-refractivity contribution in [2.24, 2.45) is 0 Å². The van der Waals surface area contributed by atoms with Gasteiger partial charge in [-0.2, -0.15) is 0 Å². The molecule has 0 aliphatic carbocycles. The van der Waals surface area contributed by atoms with Crippen LogP contribution < -0.4 is 0 Å². The first kappa shape index (κ1) is 12.1. The molecule has 0 aliphatic rings. The smallest absolute Gasteiger partial charge is 0.258 e. The fraction of sp³-hybridized carbons (Fsp3) is 0.333. The molecule has 0 unspecified atom stereocenters. The van der Waals surface area contributed by atoms with Crippen LogP contribution in [0.5, 0.6) is 0 Å². The Balaban J connectivity index is 5.06. The first-order valence-corrected chi connectivity index (χ1v) is 4.50. The molecule has 0 aromatic heterocycles. The first-order chi connectivity index (χ1) is 5.86. The van der Waals surface area contributed by atoms with Gasteiger partial charge in [0.15, 0.2) is 0 Å². The van der Waals surface area contributed by atoms with Crippen LogP contribution in [0.25, 0.3) is 0 Å². The molecule has 0 radical (unpaired) electrons. The molecular formula is C9H12BrNO2. The Morgan fingerprint density at radius 2 is 1.92 bits per heavy atom. The second-order valence-corrected chi connectivity index (χ2v) is 3.77. The minimum absolute atomic E-state index is 0.106. The quantitative estimate of drug-likeness (QED) is 0.435. The Hall–Kier alpha value is -0.900. The number of halogens is 1. The van der Waals surface area contributed by atoms with Crippen LogP contribution in [0.3, 0.4) is 0 Å². The van der Waals surface area contributed by atoms with Gasteiger partial charge in [-0.05, 0) is 26.3 Å². The third kappa shape index (κ3) is 4.03. The Labute approximate surface area is 86.1 Å². The molecule has 0 N–H and O–H groups in total. The van der Waals surface area contributed by atoms with E-state index >= 15 is 0 Å². The number of nitro groups is 1. The average Bonchev–Trinajstić information content (AvgIpc) is 1.97. The molecule has 0 aromatic rings. The lowest BCUT2D eigenvalue weighted by molar-refractivity contribution is -0.420. The van der Waals surface area contributed by atoms with Crippen molar-refractivity contribution in [2.75, 3.05) is 0 Å². The third-order valence-electron chi connectivity index (χ3n) is 1.38. The molecule has 0 fully saturated rings. The summed E-state index contributed by atoms with van der Waals surface area (Å²) in [7, 11) is 0. The van der Waals surface area contributed by atoms with Crippen molar-refractivity contribution < 1.29 is 4.92 Å². The monoisotopic (exact) mass is 245 g/mol. The van der Waals surface area contributed by atoms with Gasteiger partial charge in [-0.1, -0.05) is 22.5 Å². The molecule has 0 heterocycles. The van der Waals surface area contributed by atoms with Crippen LogP contribution in [0.2, 0.25) is 0 Å². The highest BCUT2D eigenvalue weighted by Crippen LogP contribution is 2.18. The predicted octanol–water partition coefficient (Wildman–Crippen LogP) is 3.41. The maximum atomic E-state index is 10.6. The highest BCUT2D eigenvalue weighted by Gasteiger charge is 2.10. The van der Waals surface area contributed by atoms with Crippen molar-refractivity contribution in [2.45, 2.75) is 20.8 Å². The molecule has 0 saturated carbocycles. The fourth-order valence-corrected chi connectivity index (χ4v) is 0.840. The van der Waals surface area contributed by atoms with E-state index in [9.17, 15) is 10.1 Å². The van der Waals surface area contributed by atoms with Crippen LogP contribution in [0.15, 0.2) is 34.0 Å². The van der Waals surface area contributed by atoms with Gasteiger partial charge >= 0.3 is 0 Å². The second kappa shape index (κ2) is 4.97. The van der Waals surface area contributed by atoms with E-state index in [1.165, 1.54) is 6.08 Å². The zero-order chi connectivity index (χ0) is 10.6. The molecule has 0 bridgehead atoms. The molecule has 72 valence electrons. The molecule has 0 saturated heterocycles. The van der Waals surface area contributed by atoms with Gasteiger partial charge in [0.05, 0.1) is 4.92 Å². The molecule has 0 amide bonds. The lowest BCUT2D eigenvalue weighted by Crippen LogP contribution is -1.98. The number of nitrogens with zero attached hydrogens (tertiary/aromatic N) is 1. The minimum Gasteiger partial charge on any atom is -0.258 e. The van der Waals surface area contributed by atoms with Gasteiger partial charge in [-0.25, -0.2) is 0 Å². The van der Waals surface area contributed by atoms with E-state index in [4.69, 9.17) is 0 Å². The SMILES string of the molecule is C=C(C)/C(Br)=C\C(=C(C)C)[N+](=O)[O-]. The van der Waals surface area contributed by atoms with Crippen molar-refractivity contribution in [3.63, 3.8) is 0 Å². The number of rotatable bonds is 3. The highest BCUT2D eigenvalue weighted by atomic mass is 79.9. The van der Waals surface area contributed by atoms with E-state index in [1.807, 2.05) is 0 Å². The lowest BCUT2D eigenvalue weighted by atomic mass is 10.2. The zero-order valence-corrected chi connectivity index (χ0v) is 9.51. The third-order valence-corrected chi connectivity index (χ3v) is 2.29. The van der Waals surface area contributed by atoms with E-state index < -0.39 is 4.92 Å². The first-order valence-electron chi connectivity index (χ1n) is 3.71. The molecular weight excluding hydrogens is 234 g/mol. The summed E-state index contributed by atoms with van der Waals surface area (Å²) in [4.78, 5) is 10.1. The van der Waals surface area contributed by atoms with Crippen molar-refractivity contribution >= 4 is 15.9 Å². The van der Waals surface area contributed by atoms with Crippen molar-refractivity contribution in [3.05, 3.63) is 44.1 Å². The second-order valence-electron chi connectivity index (χ2n) is 2.91. The van der Waals surface area contributed by atoms with Crippen LogP contribution in [0.4, 0.5) is 0 Å². The van der Waals surface area contributed by atoms with E-state index in [-0.39, 0.29) is 5.70 Å². The number of hydrogen-bond acceptors (Lipinski definition) is 2. The van der Waals surface area contributed by atoms with Crippen molar-refractivity contribution in [1.82, 2.24) is 0 Å². The molecule has 0 aromatic carbocycles. The fourth-order valence-electron chi connectivity index (χ4n) is 0.623. The topological polar surface area (TPSA) is 43.1 Å². The molecule has 0 atom stereocenters. The Morgan fingerprint density at radius 1 is 1.46 bits per heavy atom. The molecule has 3 nitrogen and oxygen atoms in total. The Morgan fingerprint density at radius 3 is 2.15 bits per heavy atom. The Bertz CT molecular complexity index is 299. The van der Waals surface area contributed by atoms with Crippen LogP contribution in [0, 0.1) is 10.1 Å². The van der Waals surface area contributed by atoms with Gasteiger partial charge in [0.1, 0.15) is 0 Å². The normalized spacial score (nSPS) is 10.9. The summed E-state index contributed by atoms with van der Waals surface area (Å²) in [6.45, 7) is 8.85. The predicted molar refractivity (Wildman–Crippen MR) is 57.2 cm³/mol. The zero-order valence-electron chi connectivity index (χ0n) is 7.93. The molecule has 13 heavy (non-hydrogen) atoms. The summed E-state index contributed by atoms with van der Waals surface area (Å²) >= 11 is 3.20. The van der Waals surface area contributed by atoms with Crippen LogP contribution in [-0.4, -0.2) is 4.92 Å². The summed E-state index contributed by atoms with van der Waals surface area (Å²) in [5.74, 6) is 0. The number of hydrogen-bond donors (Lipinski definition) is 0. The van der Waals surface area contributed by atoms with E-state index in [2.05, 4.69) is 22.5 Å². The largest absolute Gasteiger partial charge is 0.269 e. The van der Waals surface area contributed by atoms with Gasteiger partial charge in [-0.3, -0.25) is 10.1 Å². The Kier molecular flexibility index (Phi) is 4.62. The van der Waals surface area contributed by atoms with Crippen LogP contribution in [-0.2, 0) is 0 Å². The average molecular weight is 246 g/mol. The van der Waals surface area contributed by atoms with Gasteiger partial charge in [0.25, 0.3) is 5.70 Å². The minimum atomic E-state index is -0.403. The summed E-state index contributed by atoms with van der Waals surface area (Å²) in [5.41, 5.74) is 1.54. The summed E-state index contributed by atoms with van der Waals surface area (Å²) in [6, 6.07) is 0. The summed E-state index contributed by atoms with van der Waals surface area (Å²) in [6.07, 6.45) is 1.47. The lowest BCUT2D eigenvalue weighted by Gasteiger charge is -1.97. The van der Waals surface area contributed by atoms with Gasteiger partial charge in [-0.15, -0.1) is 0 Å². The maximum Gasteiger partial charge on any atom is 0.269 e.